The molecule has 25 heavy (non-hydrogen) atoms. The Balaban J connectivity index is 0.00000113. The summed E-state index contributed by atoms with van der Waals surface area (Å²) in [6.07, 6.45) is 10.1. The summed E-state index contributed by atoms with van der Waals surface area (Å²) < 4.78 is 0. The molecule has 0 bridgehead atoms. The maximum absolute atomic E-state index is 13.3. The first-order chi connectivity index (χ1) is 11.3. The molecule has 6 heteroatoms. The molecule has 0 aromatic carbocycles. The third-order valence-corrected chi connectivity index (χ3v) is 7.08. The lowest BCUT2D eigenvalue weighted by Gasteiger charge is -2.43. The van der Waals surface area contributed by atoms with Crippen molar-refractivity contribution >= 4 is 30.7 Å². The molecule has 1 N–H and O–H groups in total. The van der Waals surface area contributed by atoms with E-state index in [4.69, 9.17) is 0 Å². The number of rotatable bonds is 3. The van der Waals surface area contributed by atoms with E-state index in [2.05, 4.69) is 15.1 Å². The van der Waals surface area contributed by atoms with E-state index in [1.807, 2.05) is 0 Å². The molecule has 4 rings (SSSR count). The fraction of sp³-hybridized carbons (Fsp3) is 0.947. The molecule has 0 radical (unpaired) electrons. The van der Waals surface area contributed by atoms with Crippen LogP contribution in [-0.2, 0) is 4.79 Å². The summed E-state index contributed by atoms with van der Waals surface area (Å²) in [7, 11) is 0. The second-order valence-electron chi connectivity index (χ2n) is 8.47. The average molecular weight is 392 g/mol. The zero-order valence-corrected chi connectivity index (χ0v) is 17.0. The zero-order valence-electron chi connectivity index (χ0n) is 15.4. The van der Waals surface area contributed by atoms with Crippen LogP contribution >= 0.6 is 24.8 Å². The molecule has 3 saturated heterocycles. The molecule has 3 aliphatic heterocycles. The van der Waals surface area contributed by atoms with Crippen LogP contribution in [0, 0.1) is 17.3 Å². The Hall–Kier alpha value is -0.0300. The molecule has 0 aromatic rings. The first kappa shape index (κ1) is 21.3. The first-order valence-electron chi connectivity index (χ1n) is 10.0. The molecule has 3 heterocycles. The topological polar surface area (TPSA) is 35.6 Å². The van der Waals surface area contributed by atoms with E-state index in [-0.39, 0.29) is 30.2 Å². The molecular weight excluding hydrogens is 357 g/mol. The van der Waals surface area contributed by atoms with Gasteiger partial charge in [0, 0.05) is 26.2 Å². The number of piperidine rings is 1. The Morgan fingerprint density at radius 3 is 2.40 bits per heavy atom. The molecule has 4 fully saturated rings. The van der Waals surface area contributed by atoms with Gasteiger partial charge in [0.05, 0.1) is 5.41 Å². The molecule has 146 valence electrons. The highest BCUT2D eigenvalue weighted by Crippen LogP contribution is 2.45. The van der Waals surface area contributed by atoms with E-state index >= 15 is 0 Å². The van der Waals surface area contributed by atoms with Gasteiger partial charge in [0.1, 0.15) is 0 Å². The molecule has 4 nitrogen and oxygen atoms in total. The van der Waals surface area contributed by atoms with Gasteiger partial charge in [0.2, 0.25) is 5.91 Å². The number of halogens is 2. The summed E-state index contributed by atoms with van der Waals surface area (Å²) in [4.78, 5) is 18.1. The van der Waals surface area contributed by atoms with E-state index in [0.29, 0.717) is 11.8 Å². The van der Waals surface area contributed by atoms with Crippen molar-refractivity contribution in [1.29, 1.82) is 0 Å². The van der Waals surface area contributed by atoms with E-state index in [1.54, 1.807) is 0 Å². The monoisotopic (exact) mass is 391 g/mol. The number of amides is 1. The van der Waals surface area contributed by atoms with Crippen LogP contribution in [-0.4, -0.2) is 61.5 Å². The Kier molecular flexibility index (Phi) is 7.87. The maximum atomic E-state index is 13.3. The number of hydrogen-bond acceptors (Lipinski definition) is 3. The van der Waals surface area contributed by atoms with Crippen molar-refractivity contribution < 1.29 is 4.79 Å². The number of carbonyl (C=O) groups is 1. The van der Waals surface area contributed by atoms with Crippen LogP contribution in [0.25, 0.3) is 0 Å². The van der Waals surface area contributed by atoms with Gasteiger partial charge in [-0.15, -0.1) is 24.8 Å². The molecular formula is C19H35Cl2N3O. The van der Waals surface area contributed by atoms with Crippen molar-refractivity contribution in [3.63, 3.8) is 0 Å². The lowest BCUT2D eigenvalue weighted by molar-refractivity contribution is -0.147. The highest BCUT2D eigenvalue weighted by atomic mass is 35.5. The number of nitrogens with one attached hydrogen (secondary N) is 1. The molecule has 2 atom stereocenters. The van der Waals surface area contributed by atoms with Gasteiger partial charge in [-0.2, -0.15) is 0 Å². The first-order valence-corrected chi connectivity index (χ1v) is 10.0. The molecule has 1 aliphatic carbocycles. The third-order valence-electron chi connectivity index (χ3n) is 7.08. The molecule has 1 amide bonds. The molecule has 0 aromatic heterocycles. The quantitative estimate of drug-likeness (QED) is 0.802. The average Bonchev–Trinajstić information content (AvgIpc) is 3.24. The highest BCUT2D eigenvalue weighted by Gasteiger charge is 2.51. The standard InChI is InChI=1S/C19H33N3O.2ClH/c23-18(19-8-2-1-5-17(19)13-20-15-19)22-11-6-16(7-12-22)14-21-9-3-4-10-21;;/h16-17,20H,1-15H2;2*1H/t17-,19+;;/m0../s1. The number of nitrogens with zero attached hydrogens (tertiary/aromatic N) is 2. The zero-order chi connectivity index (χ0) is 15.7. The minimum absolute atomic E-state index is 0. The second-order valence-corrected chi connectivity index (χ2v) is 8.47. The SMILES string of the molecule is Cl.Cl.O=C(N1CCC(CN2CCCC2)CC1)[C@@]12CCCC[C@H]1CNC2. The Morgan fingerprint density at radius 1 is 0.960 bits per heavy atom. The number of fused-ring (bicyclic) bond motifs is 1. The second kappa shape index (κ2) is 9.25. The number of hydrogen-bond donors (Lipinski definition) is 1. The van der Waals surface area contributed by atoms with E-state index in [9.17, 15) is 4.79 Å². The Labute approximate surface area is 165 Å². The minimum Gasteiger partial charge on any atom is -0.342 e. The van der Waals surface area contributed by atoms with Crippen LogP contribution in [0.4, 0.5) is 0 Å². The maximum Gasteiger partial charge on any atom is 0.230 e. The summed E-state index contributed by atoms with van der Waals surface area (Å²) in [5.74, 6) is 1.91. The van der Waals surface area contributed by atoms with Gasteiger partial charge < -0.3 is 15.1 Å². The van der Waals surface area contributed by atoms with Gasteiger partial charge in [-0.05, 0) is 70.0 Å². The van der Waals surface area contributed by atoms with Crippen molar-refractivity contribution in [2.45, 2.75) is 51.4 Å². The lowest BCUT2D eigenvalue weighted by Crippen LogP contribution is -2.52. The highest BCUT2D eigenvalue weighted by molar-refractivity contribution is 5.85. The molecule has 0 spiro atoms. The summed E-state index contributed by atoms with van der Waals surface area (Å²) >= 11 is 0. The van der Waals surface area contributed by atoms with Gasteiger partial charge in [-0.3, -0.25) is 4.79 Å². The fourth-order valence-corrected chi connectivity index (χ4v) is 5.63. The van der Waals surface area contributed by atoms with Crippen molar-refractivity contribution in [3.8, 4) is 0 Å². The Bertz CT molecular complexity index is 436. The van der Waals surface area contributed by atoms with Crippen LogP contribution in [0.5, 0.6) is 0 Å². The summed E-state index contributed by atoms with van der Waals surface area (Å²) in [5.41, 5.74) is -0.0416. The van der Waals surface area contributed by atoms with Gasteiger partial charge in [-0.25, -0.2) is 0 Å². The van der Waals surface area contributed by atoms with Crippen LogP contribution < -0.4 is 5.32 Å². The largest absolute Gasteiger partial charge is 0.342 e. The van der Waals surface area contributed by atoms with Crippen LogP contribution in [0.2, 0.25) is 0 Å². The van der Waals surface area contributed by atoms with Crippen LogP contribution in [0.3, 0.4) is 0 Å². The van der Waals surface area contributed by atoms with Crippen LogP contribution in [0.1, 0.15) is 51.4 Å². The van der Waals surface area contributed by atoms with Crippen molar-refractivity contribution in [2.24, 2.45) is 17.3 Å². The van der Waals surface area contributed by atoms with Crippen molar-refractivity contribution in [1.82, 2.24) is 15.1 Å². The van der Waals surface area contributed by atoms with E-state index < -0.39 is 0 Å². The smallest absolute Gasteiger partial charge is 0.230 e. The van der Waals surface area contributed by atoms with Crippen LogP contribution in [0.15, 0.2) is 0 Å². The van der Waals surface area contributed by atoms with Gasteiger partial charge in [-0.1, -0.05) is 12.8 Å². The molecule has 4 aliphatic rings. The van der Waals surface area contributed by atoms with Crippen molar-refractivity contribution in [3.05, 3.63) is 0 Å². The number of carbonyl (C=O) groups excluding carboxylic acids is 1. The van der Waals surface area contributed by atoms with E-state index in [0.717, 1.165) is 38.5 Å². The van der Waals surface area contributed by atoms with Gasteiger partial charge >= 0.3 is 0 Å². The van der Waals surface area contributed by atoms with Gasteiger partial charge in [0.25, 0.3) is 0 Å². The summed E-state index contributed by atoms with van der Waals surface area (Å²) in [6, 6.07) is 0. The number of likely N-dealkylation sites (tertiary alicyclic amines) is 2. The molecule has 0 unspecified atom stereocenters. The predicted molar refractivity (Wildman–Crippen MR) is 107 cm³/mol. The Morgan fingerprint density at radius 2 is 1.68 bits per heavy atom. The summed E-state index contributed by atoms with van der Waals surface area (Å²) in [6.45, 7) is 7.89. The van der Waals surface area contributed by atoms with Gasteiger partial charge in [0.15, 0.2) is 0 Å². The predicted octanol–water partition coefficient (Wildman–Crippen LogP) is 2.94. The normalized spacial score (nSPS) is 33.4. The van der Waals surface area contributed by atoms with Crippen molar-refractivity contribution in [2.75, 3.05) is 45.8 Å². The summed E-state index contributed by atoms with van der Waals surface area (Å²) in [5, 5.41) is 3.53. The minimum atomic E-state index is -0.0416. The lowest BCUT2D eigenvalue weighted by atomic mass is 9.67. The molecule has 1 saturated carbocycles. The van der Waals surface area contributed by atoms with E-state index in [1.165, 1.54) is 64.6 Å². The third kappa shape index (κ3) is 4.28. The fourth-order valence-electron chi connectivity index (χ4n) is 5.63.